The molecule has 2 heterocycles. The quantitative estimate of drug-likeness (QED) is 0.586. The number of hydrogen-bond donors (Lipinski definition) is 2. The van der Waals surface area contributed by atoms with Gasteiger partial charge in [0.25, 0.3) is 0 Å². The number of hydrogen-bond acceptors (Lipinski definition) is 3. The van der Waals surface area contributed by atoms with Crippen molar-refractivity contribution >= 4 is 44.4 Å². The van der Waals surface area contributed by atoms with Gasteiger partial charge in [-0.15, -0.1) is 0 Å². The van der Waals surface area contributed by atoms with Crippen LogP contribution < -0.4 is 0 Å². The largest absolute Gasteiger partial charge is 0.478 e. The molecular formula is C14H6BrClF3N3O2. The first-order chi connectivity index (χ1) is 11.2. The lowest BCUT2D eigenvalue weighted by atomic mass is 10.0. The van der Waals surface area contributed by atoms with Crippen LogP contribution >= 0.6 is 27.5 Å². The Bertz CT molecular complexity index is 972. The van der Waals surface area contributed by atoms with Crippen molar-refractivity contribution in [3.05, 3.63) is 45.4 Å². The molecule has 0 bridgehead atoms. The molecule has 124 valence electrons. The molecule has 0 aliphatic carbocycles. The van der Waals surface area contributed by atoms with E-state index in [2.05, 4.69) is 30.9 Å². The van der Waals surface area contributed by atoms with E-state index in [1.807, 2.05) is 0 Å². The molecule has 1 aromatic carbocycles. The number of nitrogens with one attached hydrogen (secondary N) is 1. The average molecular weight is 421 g/mol. The molecule has 0 spiro atoms. The smallest absolute Gasteiger partial charge is 0.419 e. The second-order valence-electron chi connectivity index (χ2n) is 4.76. The van der Waals surface area contributed by atoms with E-state index in [4.69, 9.17) is 16.7 Å². The van der Waals surface area contributed by atoms with E-state index in [0.29, 0.717) is 17.1 Å². The van der Waals surface area contributed by atoms with Gasteiger partial charge in [0.15, 0.2) is 0 Å². The minimum absolute atomic E-state index is 0.0207. The number of aromatic amines is 1. The van der Waals surface area contributed by atoms with Crippen molar-refractivity contribution in [3.63, 3.8) is 0 Å². The topological polar surface area (TPSA) is 78.9 Å². The van der Waals surface area contributed by atoms with Crippen molar-refractivity contribution in [2.24, 2.45) is 0 Å². The van der Waals surface area contributed by atoms with Crippen LogP contribution in [-0.4, -0.2) is 26.0 Å². The number of carbonyl (C=O) groups is 1. The van der Waals surface area contributed by atoms with Gasteiger partial charge in [0.05, 0.1) is 21.2 Å². The molecule has 0 aliphatic heterocycles. The first-order valence-corrected chi connectivity index (χ1v) is 7.50. The van der Waals surface area contributed by atoms with E-state index >= 15 is 0 Å². The molecule has 3 aromatic rings. The minimum Gasteiger partial charge on any atom is -0.478 e. The van der Waals surface area contributed by atoms with Crippen molar-refractivity contribution in [1.29, 1.82) is 0 Å². The third-order valence-electron chi connectivity index (χ3n) is 3.34. The summed E-state index contributed by atoms with van der Waals surface area (Å²) in [6, 6.07) is 2.70. The number of rotatable bonds is 2. The van der Waals surface area contributed by atoms with E-state index in [1.54, 1.807) is 0 Å². The summed E-state index contributed by atoms with van der Waals surface area (Å²) in [5, 5.41) is 9.15. The summed E-state index contributed by atoms with van der Waals surface area (Å²) in [5.41, 5.74) is -0.963. The van der Waals surface area contributed by atoms with E-state index < -0.39 is 17.7 Å². The normalized spacial score (nSPS) is 11.9. The van der Waals surface area contributed by atoms with Crippen LogP contribution in [0.2, 0.25) is 5.28 Å². The standard InChI is InChI=1S/C14H6BrClF3N3O2/c15-9-6(12(23)24)2-1-5-7(3-20-11(5)9)10-8(14(17,18)19)4-21-13(16)22-10/h1-4,20H,(H,23,24). The number of nitrogens with zero attached hydrogens (tertiary/aromatic N) is 2. The number of aromatic nitrogens is 3. The number of fused-ring (bicyclic) bond motifs is 1. The highest BCUT2D eigenvalue weighted by molar-refractivity contribution is 9.10. The zero-order valence-corrected chi connectivity index (χ0v) is 13.8. The molecular weight excluding hydrogens is 415 g/mol. The summed E-state index contributed by atoms with van der Waals surface area (Å²) in [5.74, 6) is -1.17. The molecule has 3 rings (SSSR count). The summed E-state index contributed by atoms with van der Waals surface area (Å²) in [6.45, 7) is 0. The first kappa shape index (κ1) is 16.7. The van der Waals surface area contributed by atoms with Crippen molar-refractivity contribution in [2.75, 3.05) is 0 Å². The second-order valence-corrected chi connectivity index (χ2v) is 5.89. The zero-order valence-electron chi connectivity index (χ0n) is 11.4. The van der Waals surface area contributed by atoms with E-state index in [9.17, 15) is 18.0 Å². The molecule has 10 heteroatoms. The van der Waals surface area contributed by atoms with Crippen LogP contribution in [0.4, 0.5) is 13.2 Å². The molecule has 0 radical (unpaired) electrons. The maximum atomic E-state index is 13.2. The Hall–Kier alpha value is -2.13. The zero-order chi connectivity index (χ0) is 17.6. The third-order valence-corrected chi connectivity index (χ3v) is 4.35. The Balaban J connectivity index is 2.31. The van der Waals surface area contributed by atoms with Gasteiger partial charge in [0.1, 0.15) is 5.56 Å². The van der Waals surface area contributed by atoms with Crippen LogP contribution in [0.25, 0.3) is 22.2 Å². The van der Waals surface area contributed by atoms with Crippen molar-refractivity contribution in [2.45, 2.75) is 6.18 Å². The fourth-order valence-corrected chi connectivity index (χ4v) is 3.06. The highest BCUT2D eigenvalue weighted by Gasteiger charge is 2.36. The number of carboxylic acid groups (broad SMARTS) is 1. The summed E-state index contributed by atoms with van der Waals surface area (Å²) in [4.78, 5) is 21.0. The lowest BCUT2D eigenvalue weighted by Crippen LogP contribution is -2.09. The Morgan fingerprint density at radius 2 is 2.04 bits per heavy atom. The van der Waals surface area contributed by atoms with Crippen LogP contribution in [0.1, 0.15) is 15.9 Å². The summed E-state index contributed by atoms with van der Waals surface area (Å²) in [6.07, 6.45) is -2.74. The molecule has 0 amide bonds. The van der Waals surface area contributed by atoms with Crippen LogP contribution in [0.3, 0.4) is 0 Å². The van der Waals surface area contributed by atoms with Crippen molar-refractivity contribution < 1.29 is 23.1 Å². The molecule has 0 fully saturated rings. The predicted octanol–water partition coefficient (Wildman–Crippen LogP) is 4.76. The molecule has 24 heavy (non-hydrogen) atoms. The number of alkyl halides is 3. The molecule has 2 N–H and O–H groups in total. The predicted molar refractivity (Wildman–Crippen MR) is 84.0 cm³/mol. The van der Waals surface area contributed by atoms with Gasteiger partial charge in [0.2, 0.25) is 5.28 Å². The fourth-order valence-electron chi connectivity index (χ4n) is 2.30. The Morgan fingerprint density at radius 1 is 1.33 bits per heavy atom. The first-order valence-electron chi connectivity index (χ1n) is 6.33. The maximum Gasteiger partial charge on any atom is 0.419 e. The molecule has 0 saturated carbocycles. The molecule has 0 atom stereocenters. The van der Waals surface area contributed by atoms with E-state index in [0.717, 1.165) is 0 Å². The number of aromatic carboxylic acids is 1. The van der Waals surface area contributed by atoms with Gasteiger partial charge < -0.3 is 10.1 Å². The summed E-state index contributed by atoms with van der Waals surface area (Å²) < 4.78 is 39.8. The van der Waals surface area contributed by atoms with Gasteiger partial charge in [-0.25, -0.2) is 14.8 Å². The van der Waals surface area contributed by atoms with Crippen molar-refractivity contribution in [1.82, 2.24) is 15.0 Å². The third kappa shape index (κ3) is 2.73. The Kier molecular flexibility index (Phi) is 4.00. The molecule has 2 aromatic heterocycles. The van der Waals surface area contributed by atoms with Gasteiger partial charge in [-0.1, -0.05) is 6.07 Å². The number of benzene rings is 1. The minimum atomic E-state index is -4.66. The number of H-pyrrole nitrogens is 1. The van der Waals surface area contributed by atoms with Crippen LogP contribution in [0.5, 0.6) is 0 Å². The monoisotopic (exact) mass is 419 g/mol. The van der Waals surface area contributed by atoms with Gasteiger partial charge in [-0.05, 0) is 33.6 Å². The molecule has 5 nitrogen and oxygen atoms in total. The van der Waals surface area contributed by atoms with Crippen LogP contribution in [-0.2, 0) is 6.18 Å². The lowest BCUT2D eigenvalue weighted by molar-refractivity contribution is -0.137. The van der Waals surface area contributed by atoms with Gasteiger partial charge in [-0.3, -0.25) is 0 Å². The van der Waals surface area contributed by atoms with Gasteiger partial charge in [-0.2, -0.15) is 13.2 Å². The number of halogens is 5. The molecule has 0 aliphatic rings. The van der Waals surface area contributed by atoms with E-state index in [1.165, 1.54) is 18.3 Å². The van der Waals surface area contributed by atoms with Crippen LogP contribution in [0, 0.1) is 0 Å². The van der Waals surface area contributed by atoms with Gasteiger partial charge in [0, 0.05) is 23.3 Å². The molecule has 0 unspecified atom stereocenters. The fraction of sp³-hybridized carbons (Fsp3) is 0.0714. The van der Waals surface area contributed by atoms with Gasteiger partial charge >= 0.3 is 12.1 Å². The maximum absolute atomic E-state index is 13.2. The van der Waals surface area contributed by atoms with Crippen LogP contribution in [0.15, 0.2) is 29.0 Å². The van der Waals surface area contributed by atoms with Crippen molar-refractivity contribution in [3.8, 4) is 11.3 Å². The average Bonchev–Trinajstić information content (AvgIpc) is 2.90. The Morgan fingerprint density at radius 3 is 2.67 bits per heavy atom. The lowest BCUT2D eigenvalue weighted by Gasteiger charge is -2.11. The summed E-state index contributed by atoms with van der Waals surface area (Å²) in [7, 11) is 0. The summed E-state index contributed by atoms with van der Waals surface area (Å²) >= 11 is 8.79. The highest BCUT2D eigenvalue weighted by atomic mass is 79.9. The second kappa shape index (κ2) is 5.75. The molecule has 0 saturated heterocycles. The van der Waals surface area contributed by atoms with E-state index in [-0.39, 0.29) is 26.6 Å². The highest BCUT2D eigenvalue weighted by Crippen LogP contribution is 2.40. The Labute approximate surface area is 145 Å². The number of carboxylic acids is 1. The SMILES string of the molecule is O=C(O)c1ccc2c(-c3nc(Cl)ncc3C(F)(F)F)c[nH]c2c1Br.